The second-order valence-electron chi connectivity index (χ2n) is 13.1. The number of benzene rings is 2. The first kappa shape index (κ1) is 28.8. The highest BCUT2D eigenvalue weighted by molar-refractivity contribution is 6.99. The van der Waals surface area contributed by atoms with E-state index in [0.29, 0.717) is 26.3 Å². The molecule has 7 heteroatoms. The molecule has 0 bridgehead atoms. The topological polar surface area (TPSA) is 51.2 Å². The van der Waals surface area contributed by atoms with Gasteiger partial charge in [0.05, 0.1) is 24.9 Å². The molecule has 6 nitrogen and oxygen atoms in total. The van der Waals surface area contributed by atoms with E-state index in [1.807, 2.05) is 25.7 Å². The number of rotatable bonds is 5. The largest absolute Gasteiger partial charge is 0.444 e. The minimum atomic E-state index is -2.74. The summed E-state index contributed by atoms with van der Waals surface area (Å²) in [6.07, 6.45) is -0.346. The van der Waals surface area contributed by atoms with Gasteiger partial charge in [0.1, 0.15) is 5.60 Å². The molecule has 2 aliphatic heterocycles. The Kier molecular flexibility index (Phi) is 8.16. The van der Waals surface area contributed by atoms with E-state index >= 15 is 0 Å². The average molecular weight is 539 g/mol. The predicted octanol–water partition coefficient (Wildman–Crippen LogP) is 4.66. The molecule has 0 saturated carbocycles. The second-order valence-corrected chi connectivity index (χ2v) is 17.4. The zero-order valence-corrected chi connectivity index (χ0v) is 25.5. The van der Waals surface area contributed by atoms with Crippen LogP contribution in [0.4, 0.5) is 4.79 Å². The lowest BCUT2D eigenvalue weighted by molar-refractivity contribution is -0.0471. The van der Waals surface area contributed by atoms with Crippen LogP contribution in [0.5, 0.6) is 0 Å². The fourth-order valence-electron chi connectivity index (χ4n) is 6.19. The molecule has 2 saturated heterocycles. The minimum Gasteiger partial charge on any atom is -0.444 e. The van der Waals surface area contributed by atoms with Crippen LogP contribution in [-0.4, -0.2) is 80.3 Å². The van der Waals surface area contributed by atoms with E-state index in [2.05, 4.69) is 100 Å². The molecule has 2 aliphatic rings. The van der Waals surface area contributed by atoms with Gasteiger partial charge in [-0.25, -0.2) is 4.79 Å². The van der Waals surface area contributed by atoms with Crippen molar-refractivity contribution >= 4 is 24.8 Å². The Labute approximate surface area is 230 Å². The van der Waals surface area contributed by atoms with E-state index in [0.717, 1.165) is 6.54 Å². The summed E-state index contributed by atoms with van der Waals surface area (Å²) in [6.45, 7) is 20.3. The van der Waals surface area contributed by atoms with Crippen LogP contribution in [0.15, 0.2) is 60.7 Å². The van der Waals surface area contributed by atoms with Crippen molar-refractivity contribution < 1.29 is 18.7 Å². The van der Waals surface area contributed by atoms with Gasteiger partial charge in [-0.3, -0.25) is 4.90 Å². The predicted molar refractivity (Wildman–Crippen MR) is 156 cm³/mol. The van der Waals surface area contributed by atoms with Crippen molar-refractivity contribution in [1.82, 2.24) is 9.80 Å². The van der Waals surface area contributed by atoms with Crippen molar-refractivity contribution in [2.24, 2.45) is 0 Å². The number of carbonyl (C=O) groups excluding carboxylic acids is 1. The van der Waals surface area contributed by atoms with Crippen molar-refractivity contribution in [2.75, 3.05) is 32.8 Å². The SMILES string of the molecule is C[C@H]1CN(C(=O)OC(C)(C)C)CCN1[C@@]1(C)COC[C@H]1O[Si](c1ccccc1)(c1ccccc1)C(C)(C)C. The fraction of sp³-hybridized carbons (Fsp3) is 0.581. The molecule has 38 heavy (non-hydrogen) atoms. The maximum absolute atomic E-state index is 12.8. The molecule has 1 amide bonds. The van der Waals surface area contributed by atoms with E-state index < -0.39 is 13.9 Å². The Balaban J connectivity index is 1.66. The number of piperazine rings is 1. The third kappa shape index (κ3) is 5.57. The van der Waals surface area contributed by atoms with Crippen molar-refractivity contribution in [2.45, 2.75) is 83.7 Å². The zero-order chi connectivity index (χ0) is 27.8. The van der Waals surface area contributed by atoms with Gasteiger partial charge in [0.15, 0.2) is 0 Å². The first-order chi connectivity index (χ1) is 17.8. The lowest BCUT2D eigenvalue weighted by Crippen LogP contribution is -2.72. The van der Waals surface area contributed by atoms with E-state index in [4.69, 9.17) is 13.9 Å². The smallest absolute Gasteiger partial charge is 0.410 e. The van der Waals surface area contributed by atoms with Gasteiger partial charge in [0.2, 0.25) is 0 Å². The number of ether oxygens (including phenoxy) is 2. The summed E-state index contributed by atoms with van der Waals surface area (Å²) in [7, 11) is -2.74. The van der Waals surface area contributed by atoms with Crippen LogP contribution in [0.25, 0.3) is 0 Å². The second kappa shape index (κ2) is 10.8. The maximum atomic E-state index is 12.8. The Bertz CT molecular complexity index is 1040. The first-order valence-corrected chi connectivity index (χ1v) is 15.8. The number of carbonyl (C=O) groups is 1. The summed E-state index contributed by atoms with van der Waals surface area (Å²) in [6, 6.07) is 21.7. The first-order valence-electron chi connectivity index (χ1n) is 13.9. The summed E-state index contributed by atoms with van der Waals surface area (Å²) in [5.74, 6) is 0. The van der Waals surface area contributed by atoms with Crippen molar-refractivity contribution in [3.63, 3.8) is 0 Å². The van der Waals surface area contributed by atoms with Gasteiger partial charge in [-0.1, -0.05) is 81.4 Å². The summed E-state index contributed by atoms with van der Waals surface area (Å²) in [4.78, 5) is 17.1. The molecule has 2 fully saturated rings. The maximum Gasteiger partial charge on any atom is 0.410 e. The van der Waals surface area contributed by atoms with E-state index in [9.17, 15) is 4.79 Å². The Morgan fingerprint density at radius 3 is 1.97 bits per heavy atom. The third-order valence-electron chi connectivity index (χ3n) is 8.03. The van der Waals surface area contributed by atoms with Gasteiger partial charge in [-0.2, -0.15) is 0 Å². The quantitative estimate of drug-likeness (QED) is 0.518. The lowest BCUT2D eigenvalue weighted by atomic mass is 9.93. The average Bonchev–Trinajstić information content (AvgIpc) is 3.22. The molecule has 0 radical (unpaired) electrons. The molecule has 3 atom stereocenters. The highest BCUT2D eigenvalue weighted by atomic mass is 28.4. The number of hydrogen-bond acceptors (Lipinski definition) is 5. The van der Waals surface area contributed by atoms with E-state index in [-0.39, 0.29) is 28.8 Å². The van der Waals surface area contributed by atoms with Crippen LogP contribution < -0.4 is 10.4 Å². The molecule has 2 aromatic rings. The minimum absolute atomic E-state index is 0.107. The molecule has 2 heterocycles. The Morgan fingerprint density at radius 2 is 1.50 bits per heavy atom. The number of amides is 1. The number of hydrogen-bond donors (Lipinski definition) is 0. The van der Waals surface area contributed by atoms with Crippen LogP contribution in [0.1, 0.15) is 55.4 Å². The van der Waals surface area contributed by atoms with Crippen LogP contribution >= 0.6 is 0 Å². The molecule has 0 N–H and O–H groups in total. The van der Waals surface area contributed by atoms with Crippen LogP contribution in [0, 0.1) is 0 Å². The highest BCUT2D eigenvalue weighted by Gasteiger charge is 2.57. The monoisotopic (exact) mass is 538 g/mol. The molecule has 0 aromatic heterocycles. The van der Waals surface area contributed by atoms with Gasteiger partial charge in [0, 0.05) is 25.7 Å². The molecule has 208 valence electrons. The highest BCUT2D eigenvalue weighted by Crippen LogP contribution is 2.41. The van der Waals surface area contributed by atoms with Gasteiger partial charge in [0.25, 0.3) is 8.32 Å². The van der Waals surface area contributed by atoms with Crippen molar-refractivity contribution in [1.29, 1.82) is 0 Å². The molecule has 4 rings (SSSR count). The number of nitrogens with zero attached hydrogens (tertiary/aromatic N) is 2. The normalized spacial score (nSPS) is 25.4. The Hall–Kier alpha value is -2.19. The lowest BCUT2D eigenvalue weighted by Gasteiger charge is -2.52. The van der Waals surface area contributed by atoms with Gasteiger partial charge < -0.3 is 18.8 Å². The fourth-order valence-corrected chi connectivity index (χ4v) is 11.0. The molecule has 0 spiro atoms. The Morgan fingerprint density at radius 1 is 0.947 bits per heavy atom. The third-order valence-corrected chi connectivity index (χ3v) is 13.1. The summed E-state index contributed by atoms with van der Waals surface area (Å²) in [5.41, 5.74) is -0.816. The van der Waals surface area contributed by atoms with Crippen LogP contribution in [-0.2, 0) is 13.9 Å². The zero-order valence-electron chi connectivity index (χ0n) is 24.5. The summed E-state index contributed by atoms with van der Waals surface area (Å²) >= 11 is 0. The molecule has 0 aliphatic carbocycles. The molecular weight excluding hydrogens is 492 g/mol. The van der Waals surface area contributed by atoms with Gasteiger partial charge in [-0.05, 0) is 50.0 Å². The van der Waals surface area contributed by atoms with Gasteiger partial charge in [-0.15, -0.1) is 0 Å². The van der Waals surface area contributed by atoms with E-state index in [1.54, 1.807) is 0 Å². The van der Waals surface area contributed by atoms with Crippen LogP contribution in [0.2, 0.25) is 5.04 Å². The summed E-state index contributed by atoms with van der Waals surface area (Å²) in [5, 5.41) is 2.44. The van der Waals surface area contributed by atoms with Crippen LogP contribution in [0.3, 0.4) is 0 Å². The summed E-state index contributed by atoms with van der Waals surface area (Å²) < 4.78 is 19.4. The van der Waals surface area contributed by atoms with Gasteiger partial charge >= 0.3 is 6.09 Å². The molecular formula is C31H46N2O4Si. The van der Waals surface area contributed by atoms with Crippen molar-refractivity contribution in [3.05, 3.63) is 60.7 Å². The van der Waals surface area contributed by atoms with Crippen molar-refractivity contribution in [3.8, 4) is 0 Å². The van der Waals surface area contributed by atoms with E-state index in [1.165, 1.54) is 10.4 Å². The molecule has 0 unspecified atom stereocenters. The molecule has 2 aromatic carbocycles. The standard InChI is InChI=1S/C31H46N2O4Si/c1-24-21-32(28(34)36-29(2,3)4)19-20-33(24)31(8)23-35-22-27(31)37-38(30(5,6)7,25-15-11-9-12-16-25)26-17-13-10-14-18-26/h9-18,24,27H,19-23H2,1-8H3/t24-,27+,31-/m0/s1.